The summed E-state index contributed by atoms with van der Waals surface area (Å²) in [5, 5.41) is 2.76. The van der Waals surface area contributed by atoms with E-state index in [4.69, 9.17) is 9.47 Å². The van der Waals surface area contributed by atoms with E-state index in [1.165, 1.54) is 30.2 Å². The summed E-state index contributed by atoms with van der Waals surface area (Å²) in [6.45, 7) is 1.15. The van der Waals surface area contributed by atoms with Gasteiger partial charge >= 0.3 is 5.97 Å². The molecule has 0 spiro atoms. The molecule has 0 radical (unpaired) electrons. The number of carbonyl (C=O) groups is 3. The third-order valence-corrected chi connectivity index (χ3v) is 7.08. The first-order chi connectivity index (χ1) is 16.2. The lowest BCUT2D eigenvalue weighted by Crippen LogP contribution is -2.41. The van der Waals surface area contributed by atoms with E-state index in [0.29, 0.717) is 11.4 Å². The Balaban J connectivity index is 1.51. The number of esters is 1. The molecule has 1 heterocycles. The van der Waals surface area contributed by atoms with Crippen LogP contribution < -0.4 is 19.7 Å². The Morgan fingerprint density at radius 3 is 2.62 bits per heavy atom. The molecule has 2 amide bonds. The molecule has 1 fully saturated rings. The zero-order valence-corrected chi connectivity index (χ0v) is 19.6. The lowest BCUT2D eigenvalue weighted by atomic mass is 10.1. The molecule has 11 heteroatoms. The topological polar surface area (TPSA) is 131 Å². The summed E-state index contributed by atoms with van der Waals surface area (Å²) in [5.41, 5.74) is 0.960. The van der Waals surface area contributed by atoms with Crippen LogP contribution in [0.4, 0.5) is 11.4 Å². The van der Waals surface area contributed by atoms with Crippen LogP contribution in [0.15, 0.2) is 47.4 Å². The molecule has 1 saturated carbocycles. The van der Waals surface area contributed by atoms with Crippen LogP contribution in [0.1, 0.15) is 36.5 Å². The molecule has 2 N–H and O–H groups in total. The third kappa shape index (κ3) is 5.05. The molecule has 34 heavy (non-hydrogen) atoms. The van der Waals surface area contributed by atoms with Crippen LogP contribution in [0.25, 0.3) is 0 Å². The van der Waals surface area contributed by atoms with Crippen LogP contribution in [0.2, 0.25) is 0 Å². The molecule has 0 unspecified atom stereocenters. The van der Waals surface area contributed by atoms with E-state index < -0.39 is 34.5 Å². The van der Waals surface area contributed by atoms with Crippen LogP contribution in [0.5, 0.6) is 5.75 Å². The van der Waals surface area contributed by atoms with Gasteiger partial charge in [0.1, 0.15) is 10.6 Å². The van der Waals surface area contributed by atoms with E-state index >= 15 is 0 Å². The summed E-state index contributed by atoms with van der Waals surface area (Å²) in [6, 6.07) is 10.2. The largest absolute Gasteiger partial charge is 0.495 e. The van der Waals surface area contributed by atoms with Crippen molar-refractivity contribution in [3.63, 3.8) is 0 Å². The van der Waals surface area contributed by atoms with Crippen LogP contribution in [0.3, 0.4) is 0 Å². The average molecular weight is 488 g/mol. The van der Waals surface area contributed by atoms with Crippen molar-refractivity contribution in [2.75, 3.05) is 23.9 Å². The van der Waals surface area contributed by atoms with Crippen LogP contribution >= 0.6 is 0 Å². The quantitative estimate of drug-likeness (QED) is 0.572. The van der Waals surface area contributed by atoms with Gasteiger partial charge in [-0.2, -0.15) is 0 Å². The minimum atomic E-state index is -3.89. The molecule has 0 saturated heterocycles. The second-order valence-electron chi connectivity index (χ2n) is 8.22. The first-order valence-corrected chi connectivity index (χ1v) is 12.3. The Hall–Kier alpha value is -3.44. The van der Waals surface area contributed by atoms with Crippen molar-refractivity contribution in [1.82, 2.24) is 4.72 Å². The first-order valence-electron chi connectivity index (χ1n) is 10.8. The summed E-state index contributed by atoms with van der Waals surface area (Å²) in [7, 11) is -2.56. The molecule has 2 aromatic rings. The molecule has 10 nitrogen and oxygen atoms in total. The molecular weight excluding hydrogens is 462 g/mol. The molecule has 1 aliphatic heterocycles. The second-order valence-corrected chi connectivity index (χ2v) is 9.90. The fraction of sp³-hybridized carbons (Fsp3) is 0.348. The van der Waals surface area contributed by atoms with Gasteiger partial charge in [0, 0.05) is 18.5 Å². The Bertz CT molecular complexity index is 1240. The van der Waals surface area contributed by atoms with E-state index in [9.17, 15) is 22.8 Å². The van der Waals surface area contributed by atoms with Gasteiger partial charge in [0.15, 0.2) is 6.61 Å². The Morgan fingerprint density at radius 1 is 1.18 bits per heavy atom. The predicted molar refractivity (Wildman–Crippen MR) is 123 cm³/mol. The smallest absolute Gasteiger partial charge is 0.338 e. The maximum Gasteiger partial charge on any atom is 0.338 e. The summed E-state index contributed by atoms with van der Waals surface area (Å²) < 4.78 is 38.3. The predicted octanol–water partition coefficient (Wildman–Crippen LogP) is 2.06. The Labute approximate surface area is 197 Å². The van der Waals surface area contributed by atoms with Crippen molar-refractivity contribution >= 4 is 39.2 Å². The number of hydrogen-bond acceptors (Lipinski definition) is 7. The molecule has 180 valence electrons. The molecule has 1 aliphatic carbocycles. The number of sulfonamides is 1. The van der Waals surface area contributed by atoms with E-state index in [0.717, 1.165) is 12.8 Å². The van der Waals surface area contributed by atoms with Crippen molar-refractivity contribution in [3.8, 4) is 5.75 Å². The van der Waals surface area contributed by atoms with Gasteiger partial charge in [0.2, 0.25) is 15.9 Å². The maximum absolute atomic E-state index is 13.0. The van der Waals surface area contributed by atoms with Crippen molar-refractivity contribution in [3.05, 3.63) is 48.0 Å². The number of carbonyl (C=O) groups excluding carboxylic acids is 3. The summed E-state index contributed by atoms with van der Waals surface area (Å²) >= 11 is 0. The van der Waals surface area contributed by atoms with E-state index in [-0.39, 0.29) is 34.6 Å². The number of rotatable bonds is 7. The van der Waals surface area contributed by atoms with Gasteiger partial charge in [-0.25, -0.2) is 17.9 Å². The number of anilines is 2. The number of hydrogen-bond donors (Lipinski definition) is 2. The highest BCUT2D eigenvalue weighted by atomic mass is 32.2. The third-order valence-electron chi connectivity index (χ3n) is 5.54. The minimum Gasteiger partial charge on any atom is -0.495 e. The van der Waals surface area contributed by atoms with Crippen LogP contribution in [-0.2, 0) is 24.3 Å². The fourth-order valence-corrected chi connectivity index (χ4v) is 5.25. The molecule has 1 atom stereocenters. The van der Waals surface area contributed by atoms with Crippen molar-refractivity contribution in [1.29, 1.82) is 0 Å². The second kappa shape index (κ2) is 9.43. The molecule has 0 aromatic heterocycles. The summed E-state index contributed by atoms with van der Waals surface area (Å²) in [5.74, 6) is -1.50. The highest BCUT2D eigenvalue weighted by Crippen LogP contribution is 2.32. The lowest BCUT2D eigenvalue weighted by molar-refractivity contribution is -0.122. The normalized spacial score (nSPS) is 17.9. The Kier molecular flexibility index (Phi) is 6.58. The number of ether oxygens (including phenoxy) is 2. The van der Waals surface area contributed by atoms with Gasteiger partial charge in [-0.15, -0.1) is 0 Å². The minimum absolute atomic E-state index is 0.0362. The molecule has 0 bridgehead atoms. The standard InChI is InChI=1S/C23H25N3O7S/c1-14-11-21(27)24-17-5-3-4-6-18(17)26(14)22(28)13-33-23(29)15-7-10-19(32-2)20(12-15)34(30,31)25-16-8-9-16/h3-7,10,12,14,16,25H,8-9,11,13H2,1-2H3,(H,24,27)/t14-/m0/s1. The number of amides is 2. The number of para-hydroxylation sites is 2. The van der Waals surface area contributed by atoms with Crippen LogP contribution in [0, 0.1) is 0 Å². The van der Waals surface area contributed by atoms with Gasteiger partial charge in [0.05, 0.1) is 24.0 Å². The van der Waals surface area contributed by atoms with E-state index in [1.807, 2.05) is 0 Å². The average Bonchev–Trinajstić information content (AvgIpc) is 3.62. The highest BCUT2D eigenvalue weighted by Gasteiger charge is 2.32. The number of fused-ring (bicyclic) bond motifs is 1. The number of nitrogens with one attached hydrogen (secondary N) is 2. The Morgan fingerprint density at radius 2 is 1.91 bits per heavy atom. The number of benzene rings is 2. The van der Waals surface area contributed by atoms with E-state index in [2.05, 4.69) is 10.0 Å². The van der Waals surface area contributed by atoms with Gasteiger partial charge < -0.3 is 19.7 Å². The van der Waals surface area contributed by atoms with E-state index in [1.54, 1.807) is 31.2 Å². The monoisotopic (exact) mass is 487 g/mol. The lowest BCUT2D eigenvalue weighted by Gasteiger charge is -2.27. The fourth-order valence-electron chi connectivity index (χ4n) is 3.75. The first kappa shape index (κ1) is 23.7. The number of nitrogens with zero attached hydrogens (tertiary/aromatic N) is 1. The maximum atomic E-state index is 13.0. The van der Waals surface area contributed by atoms with Crippen LogP contribution in [-0.4, -0.2) is 52.0 Å². The van der Waals surface area contributed by atoms with Gasteiger partial charge in [0.25, 0.3) is 5.91 Å². The molecule has 2 aromatic carbocycles. The van der Waals surface area contributed by atoms with Gasteiger partial charge in [-0.3, -0.25) is 9.59 Å². The van der Waals surface area contributed by atoms with Crippen molar-refractivity contribution in [2.24, 2.45) is 0 Å². The molecule has 2 aliphatic rings. The summed E-state index contributed by atoms with van der Waals surface area (Å²) in [6.07, 6.45) is 1.59. The van der Waals surface area contributed by atoms with Crippen molar-refractivity contribution in [2.45, 2.75) is 43.2 Å². The molecular formula is C23H25N3O7S. The zero-order chi connectivity index (χ0) is 24.5. The van der Waals surface area contributed by atoms with Gasteiger partial charge in [-0.05, 0) is 50.1 Å². The summed E-state index contributed by atoms with van der Waals surface area (Å²) in [4.78, 5) is 39.0. The molecule has 4 rings (SSSR count). The zero-order valence-electron chi connectivity index (χ0n) is 18.7. The van der Waals surface area contributed by atoms with Gasteiger partial charge in [-0.1, -0.05) is 12.1 Å². The highest BCUT2D eigenvalue weighted by molar-refractivity contribution is 7.89. The SMILES string of the molecule is COc1ccc(C(=O)OCC(=O)N2c3ccccc3NC(=O)C[C@@H]2C)cc1S(=O)(=O)NC1CC1. The number of methoxy groups -OCH3 is 1. The van der Waals surface area contributed by atoms with Crippen molar-refractivity contribution < 1.29 is 32.3 Å².